The Morgan fingerprint density at radius 2 is 2.24 bits per heavy atom. The van der Waals surface area contributed by atoms with Crippen LogP contribution in [-0.4, -0.2) is 37.6 Å². The molecule has 0 aliphatic carbocycles. The average molecular weight is 236 g/mol. The lowest BCUT2D eigenvalue weighted by Crippen LogP contribution is -2.33. The van der Waals surface area contributed by atoms with Crippen LogP contribution in [0.3, 0.4) is 0 Å². The quantitative estimate of drug-likeness (QED) is 0.807. The van der Waals surface area contributed by atoms with Gasteiger partial charge in [-0.1, -0.05) is 12.1 Å². The van der Waals surface area contributed by atoms with Gasteiger partial charge in [-0.05, 0) is 37.6 Å². The molecule has 2 N–H and O–H groups in total. The zero-order valence-corrected chi connectivity index (χ0v) is 10.5. The number of rotatable bonds is 6. The predicted molar refractivity (Wildman–Crippen MR) is 68.0 cm³/mol. The highest BCUT2D eigenvalue weighted by molar-refractivity contribution is 5.77. The Kier molecular flexibility index (Phi) is 5.49. The fourth-order valence-electron chi connectivity index (χ4n) is 1.41. The highest BCUT2D eigenvalue weighted by Crippen LogP contribution is 2.12. The molecule has 0 unspecified atom stereocenters. The number of benzene rings is 1. The number of carbonyl (C=O) groups excluding carboxylic acids is 1. The third kappa shape index (κ3) is 4.87. The van der Waals surface area contributed by atoms with Crippen molar-refractivity contribution in [2.24, 2.45) is 5.73 Å². The lowest BCUT2D eigenvalue weighted by atomic mass is 10.2. The minimum atomic E-state index is -0.0278. The Labute approximate surface area is 102 Å². The van der Waals surface area contributed by atoms with Crippen LogP contribution in [0, 0.1) is 6.92 Å². The van der Waals surface area contributed by atoms with Crippen LogP contribution in [0.4, 0.5) is 0 Å². The van der Waals surface area contributed by atoms with Crippen molar-refractivity contribution < 1.29 is 9.53 Å². The zero-order valence-electron chi connectivity index (χ0n) is 10.5. The van der Waals surface area contributed by atoms with Crippen molar-refractivity contribution in [2.45, 2.75) is 13.3 Å². The van der Waals surface area contributed by atoms with E-state index in [-0.39, 0.29) is 12.5 Å². The third-order valence-electron chi connectivity index (χ3n) is 2.48. The summed E-state index contributed by atoms with van der Waals surface area (Å²) < 4.78 is 5.43. The number of ether oxygens (including phenoxy) is 1. The van der Waals surface area contributed by atoms with Gasteiger partial charge in [0.1, 0.15) is 5.75 Å². The maximum Gasteiger partial charge on any atom is 0.260 e. The van der Waals surface area contributed by atoms with Crippen molar-refractivity contribution in [3.05, 3.63) is 29.8 Å². The molecule has 1 aromatic carbocycles. The summed E-state index contributed by atoms with van der Waals surface area (Å²) in [5.41, 5.74) is 6.51. The molecule has 1 amide bonds. The molecule has 0 aromatic heterocycles. The fourth-order valence-corrected chi connectivity index (χ4v) is 1.41. The fraction of sp³-hybridized carbons (Fsp3) is 0.462. The van der Waals surface area contributed by atoms with Gasteiger partial charge in [0.25, 0.3) is 5.91 Å². The van der Waals surface area contributed by atoms with Gasteiger partial charge in [-0.15, -0.1) is 0 Å². The lowest BCUT2D eigenvalue weighted by molar-refractivity contribution is -0.132. The Hall–Kier alpha value is -1.55. The number of hydrogen-bond donors (Lipinski definition) is 1. The van der Waals surface area contributed by atoms with Crippen molar-refractivity contribution in [3.63, 3.8) is 0 Å². The van der Waals surface area contributed by atoms with Gasteiger partial charge in [0, 0.05) is 13.6 Å². The maximum atomic E-state index is 11.7. The summed E-state index contributed by atoms with van der Waals surface area (Å²) in [6.07, 6.45) is 0.812. The van der Waals surface area contributed by atoms with Crippen LogP contribution in [-0.2, 0) is 4.79 Å². The SMILES string of the molecule is Cc1cccc(OCC(=O)N(C)CCCN)c1. The number of carbonyl (C=O) groups is 1. The van der Waals surface area contributed by atoms with Crippen LogP contribution in [0.5, 0.6) is 5.75 Å². The Morgan fingerprint density at radius 3 is 2.88 bits per heavy atom. The van der Waals surface area contributed by atoms with Gasteiger partial charge >= 0.3 is 0 Å². The highest BCUT2D eigenvalue weighted by Gasteiger charge is 2.08. The van der Waals surface area contributed by atoms with E-state index in [0.717, 1.165) is 17.7 Å². The van der Waals surface area contributed by atoms with Gasteiger partial charge in [-0.3, -0.25) is 4.79 Å². The molecule has 0 aliphatic rings. The first-order valence-electron chi connectivity index (χ1n) is 5.77. The molecule has 0 radical (unpaired) electrons. The van der Waals surface area contributed by atoms with Gasteiger partial charge in [0.05, 0.1) is 0 Å². The van der Waals surface area contributed by atoms with Crippen molar-refractivity contribution in [3.8, 4) is 5.75 Å². The second-order valence-electron chi connectivity index (χ2n) is 4.06. The summed E-state index contributed by atoms with van der Waals surface area (Å²) in [5, 5.41) is 0. The van der Waals surface area contributed by atoms with Crippen LogP contribution in [0.2, 0.25) is 0 Å². The van der Waals surface area contributed by atoms with E-state index in [4.69, 9.17) is 10.5 Å². The molecular weight excluding hydrogens is 216 g/mol. The second kappa shape index (κ2) is 6.91. The van der Waals surface area contributed by atoms with Gasteiger partial charge < -0.3 is 15.4 Å². The lowest BCUT2D eigenvalue weighted by Gasteiger charge is -2.16. The largest absolute Gasteiger partial charge is 0.484 e. The van der Waals surface area contributed by atoms with Gasteiger partial charge in [0.2, 0.25) is 0 Å². The molecule has 4 heteroatoms. The number of likely N-dealkylation sites (N-methyl/N-ethyl adjacent to an activating group) is 1. The molecule has 17 heavy (non-hydrogen) atoms. The molecule has 0 bridgehead atoms. The smallest absolute Gasteiger partial charge is 0.260 e. The van der Waals surface area contributed by atoms with Crippen LogP contribution in [0.1, 0.15) is 12.0 Å². The summed E-state index contributed by atoms with van der Waals surface area (Å²) in [5.74, 6) is 0.700. The van der Waals surface area contributed by atoms with Gasteiger partial charge in [0.15, 0.2) is 6.61 Å². The van der Waals surface area contributed by atoms with Crippen molar-refractivity contribution in [1.29, 1.82) is 0 Å². The number of aryl methyl sites for hydroxylation is 1. The van der Waals surface area contributed by atoms with Crippen LogP contribution >= 0.6 is 0 Å². The highest BCUT2D eigenvalue weighted by atomic mass is 16.5. The summed E-state index contributed by atoms with van der Waals surface area (Å²) in [4.78, 5) is 13.3. The molecule has 0 heterocycles. The number of nitrogens with zero attached hydrogens (tertiary/aromatic N) is 1. The maximum absolute atomic E-state index is 11.7. The Bertz CT molecular complexity index is 366. The first-order valence-corrected chi connectivity index (χ1v) is 5.77. The first kappa shape index (κ1) is 13.5. The van der Waals surface area contributed by atoms with Crippen LogP contribution < -0.4 is 10.5 Å². The molecule has 1 aromatic rings. The number of nitrogens with two attached hydrogens (primary N) is 1. The van der Waals surface area contributed by atoms with Crippen LogP contribution in [0.25, 0.3) is 0 Å². The molecule has 94 valence electrons. The number of hydrogen-bond acceptors (Lipinski definition) is 3. The van der Waals surface area contributed by atoms with E-state index in [1.165, 1.54) is 0 Å². The zero-order chi connectivity index (χ0) is 12.7. The molecule has 1 rings (SSSR count). The van der Waals surface area contributed by atoms with E-state index in [2.05, 4.69) is 0 Å². The summed E-state index contributed by atoms with van der Waals surface area (Å²) in [6, 6.07) is 7.66. The van der Waals surface area contributed by atoms with Crippen molar-refractivity contribution in [1.82, 2.24) is 4.90 Å². The van der Waals surface area contributed by atoms with Crippen molar-refractivity contribution in [2.75, 3.05) is 26.7 Å². The molecule has 0 saturated heterocycles. The molecule has 0 spiro atoms. The molecular formula is C13H20N2O2. The second-order valence-corrected chi connectivity index (χ2v) is 4.06. The molecule has 0 atom stereocenters. The molecule has 0 aliphatic heterocycles. The predicted octanol–water partition coefficient (Wildman–Crippen LogP) is 1.18. The van der Waals surface area contributed by atoms with Crippen LogP contribution in [0.15, 0.2) is 24.3 Å². The average Bonchev–Trinajstić information content (AvgIpc) is 2.33. The first-order chi connectivity index (χ1) is 8.13. The Balaban J connectivity index is 2.37. The normalized spacial score (nSPS) is 10.1. The van der Waals surface area contributed by atoms with Crippen molar-refractivity contribution >= 4 is 5.91 Å². The minimum absolute atomic E-state index is 0.0278. The van der Waals surface area contributed by atoms with E-state index >= 15 is 0 Å². The topological polar surface area (TPSA) is 55.6 Å². The minimum Gasteiger partial charge on any atom is -0.484 e. The Morgan fingerprint density at radius 1 is 1.47 bits per heavy atom. The monoisotopic (exact) mass is 236 g/mol. The third-order valence-corrected chi connectivity index (χ3v) is 2.48. The number of amides is 1. The summed E-state index contributed by atoms with van der Waals surface area (Å²) >= 11 is 0. The molecule has 4 nitrogen and oxygen atoms in total. The summed E-state index contributed by atoms with van der Waals surface area (Å²) in [7, 11) is 1.76. The van der Waals surface area contributed by atoms with E-state index < -0.39 is 0 Å². The van der Waals surface area contributed by atoms with E-state index in [1.54, 1.807) is 11.9 Å². The standard InChI is InChI=1S/C13H20N2O2/c1-11-5-3-6-12(9-11)17-10-13(16)15(2)8-4-7-14/h3,5-6,9H,4,7-8,10,14H2,1-2H3. The summed E-state index contributed by atoms with van der Waals surface area (Å²) in [6.45, 7) is 3.33. The van der Waals surface area contributed by atoms with E-state index in [9.17, 15) is 4.79 Å². The van der Waals surface area contributed by atoms with Gasteiger partial charge in [-0.25, -0.2) is 0 Å². The molecule has 0 saturated carbocycles. The van der Waals surface area contributed by atoms with Gasteiger partial charge in [-0.2, -0.15) is 0 Å². The van der Waals surface area contributed by atoms with E-state index in [0.29, 0.717) is 13.1 Å². The van der Waals surface area contributed by atoms with E-state index in [1.807, 2.05) is 31.2 Å². The molecule has 0 fully saturated rings.